The summed E-state index contributed by atoms with van der Waals surface area (Å²) in [5.74, 6) is 1.26. The van der Waals surface area contributed by atoms with E-state index < -0.39 is 0 Å². The average Bonchev–Trinajstić information content (AvgIpc) is 3.39. The Morgan fingerprint density at radius 3 is 2.94 bits per heavy atom. The number of aliphatic hydroxyl groups is 1. The van der Waals surface area contributed by atoms with Crippen LogP contribution in [0.15, 0.2) is 55.2 Å². The highest BCUT2D eigenvalue weighted by molar-refractivity contribution is 5.85. The van der Waals surface area contributed by atoms with Gasteiger partial charge in [-0.3, -0.25) is 4.98 Å². The number of imidazole rings is 1. The van der Waals surface area contributed by atoms with Gasteiger partial charge in [-0.15, -0.1) is 0 Å². The lowest BCUT2D eigenvalue weighted by molar-refractivity contribution is 0.277. The molecule has 1 aromatic carbocycles. The van der Waals surface area contributed by atoms with Gasteiger partial charge < -0.3 is 20.0 Å². The summed E-state index contributed by atoms with van der Waals surface area (Å²) in [6.07, 6.45) is 8.16. The van der Waals surface area contributed by atoms with Crippen LogP contribution < -0.4 is 5.32 Å². The predicted octanol–water partition coefficient (Wildman–Crippen LogP) is 3.32. The van der Waals surface area contributed by atoms with E-state index in [0.29, 0.717) is 35.9 Å². The topological polar surface area (TPSA) is 105 Å². The summed E-state index contributed by atoms with van der Waals surface area (Å²) in [5, 5.41) is 14.1. The molecular weight excluding hydrogens is 390 g/mol. The smallest absolute Gasteiger partial charge is 0.166 e. The second kappa shape index (κ2) is 8.16. The molecule has 5 rings (SSSR count). The van der Waals surface area contributed by atoms with E-state index in [1.807, 2.05) is 23.6 Å². The van der Waals surface area contributed by atoms with Crippen LogP contribution >= 0.6 is 0 Å². The predicted molar refractivity (Wildman–Crippen MR) is 121 cm³/mol. The van der Waals surface area contributed by atoms with E-state index in [1.165, 1.54) is 10.9 Å². The average molecular weight is 413 g/mol. The van der Waals surface area contributed by atoms with Crippen molar-refractivity contribution in [3.63, 3.8) is 0 Å². The van der Waals surface area contributed by atoms with Crippen LogP contribution in [0.2, 0.25) is 0 Å². The van der Waals surface area contributed by atoms with E-state index >= 15 is 0 Å². The van der Waals surface area contributed by atoms with Crippen molar-refractivity contribution in [2.24, 2.45) is 0 Å². The first-order valence-electron chi connectivity index (χ1n) is 10.3. The zero-order chi connectivity index (χ0) is 21.2. The summed E-state index contributed by atoms with van der Waals surface area (Å²) in [5.41, 5.74) is 5.66. The number of aryl methyl sites for hydroxylation is 1. The van der Waals surface area contributed by atoms with Gasteiger partial charge in [0.05, 0.1) is 12.9 Å². The molecule has 0 bridgehead atoms. The number of nitrogens with zero attached hydrogens (tertiary/aromatic N) is 5. The lowest BCUT2D eigenvalue weighted by atomic mass is 10.1. The number of rotatable bonds is 7. The highest BCUT2D eigenvalue weighted by Gasteiger charge is 2.15. The SMILES string of the molecule is Cc1cncc(-c2nc(NCCc3c[nH]c4ccccc34)c3ncn(CCO)c3n2)c1. The molecule has 4 heterocycles. The largest absolute Gasteiger partial charge is 0.395 e. The molecule has 31 heavy (non-hydrogen) atoms. The van der Waals surface area contributed by atoms with Gasteiger partial charge in [0.2, 0.25) is 0 Å². The van der Waals surface area contributed by atoms with Gasteiger partial charge in [-0.1, -0.05) is 18.2 Å². The van der Waals surface area contributed by atoms with Gasteiger partial charge in [0, 0.05) is 48.1 Å². The number of nitrogens with one attached hydrogen (secondary N) is 2. The maximum absolute atomic E-state index is 9.40. The maximum atomic E-state index is 9.40. The van der Waals surface area contributed by atoms with Gasteiger partial charge in [0.25, 0.3) is 0 Å². The molecule has 8 nitrogen and oxygen atoms in total. The summed E-state index contributed by atoms with van der Waals surface area (Å²) < 4.78 is 1.84. The van der Waals surface area contributed by atoms with E-state index in [-0.39, 0.29) is 6.61 Å². The molecule has 0 aliphatic heterocycles. The molecule has 156 valence electrons. The van der Waals surface area contributed by atoms with Crippen molar-refractivity contribution in [3.05, 3.63) is 66.4 Å². The number of hydrogen-bond acceptors (Lipinski definition) is 6. The first-order valence-corrected chi connectivity index (χ1v) is 10.3. The highest BCUT2D eigenvalue weighted by atomic mass is 16.3. The molecule has 5 aromatic rings. The van der Waals surface area contributed by atoms with Gasteiger partial charge in [-0.25, -0.2) is 15.0 Å². The Bertz CT molecular complexity index is 1350. The van der Waals surface area contributed by atoms with E-state index in [0.717, 1.165) is 23.1 Å². The number of aromatic amines is 1. The molecule has 0 atom stereocenters. The van der Waals surface area contributed by atoms with Gasteiger partial charge in [-0.2, -0.15) is 0 Å². The van der Waals surface area contributed by atoms with E-state index in [4.69, 9.17) is 9.97 Å². The number of para-hydroxylation sites is 1. The minimum absolute atomic E-state index is 0.0140. The van der Waals surface area contributed by atoms with Crippen LogP contribution in [-0.2, 0) is 13.0 Å². The second-order valence-electron chi connectivity index (χ2n) is 7.52. The molecule has 0 saturated carbocycles. The van der Waals surface area contributed by atoms with Crippen molar-refractivity contribution >= 4 is 27.9 Å². The van der Waals surface area contributed by atoms with Crippen molar-refractivity contribution in [2.75, 3.05) is 18.5 Å². The molecule has 4 aromatic heterocycles. The Kier molecular flexibility index (Phi) is 5.05. The molecule has 0 aliphatic carbocycles. The van der Waals surface area contributed by atoms with Crippen molar-refractivity contribution in [2.45, 2.75) is 19.9 Å². The third-order valence-corrected chi connectivity index (χ3v) is 5.30. The van der Waals surface area contributed by atoms with Gasteiger partial charge in [0.1, 0.15) is 5.52 Å². The van der Waals surface area contributed by atoms with Crippen LogP contribution in [0.5, 0.6) is 0 Å². The van der Waals surface area contributed by atoms with E-state index in [9.17, 15) is 5.11 Å². The van der Waals surface area contributed by atoms with Gasteiger partial charge in [-0.05, 0) is 36.6 Å². The molecule has 3 N–H and O–H groups in total. The summed E-state index contributed by atoms with van der Waals surface area (Å²) in [7, 11) is 0. The summed E-state index contributed by atoms with van der Waals surface area (Å²) in [6.45, 7) is 3.13. The summed E-state index contributed by atoms with van der Waals surface area (Å²) >= 11 is 0. The van der Waals surface area contributed by atoms with Crippen LogP contribution in [0.1, 0.15) is 11.1 Å². The zero-order valence-electron chi connectivity index (χ0n) is 17.2. The fourth-order valence-electron chi connectivity index (χ4n) is 3.80. The van der Waals surface area contributed by atoms with E-state index in [1.54, 1.807) is 18.7 Å². The first-order chi connectivity index (χ1) is 15.2. The Morgan fingerprint density at radius 2 is 2.06 bits per heavy atom. The molecule has 0 amide bonds. The number of aliphatic hydroxyl groups excluding tert-OH is 1. The Morgan fingerprint density at radius 1 is 1.16 bits per heavy atom. The number of anilines is 1. The molecule has 0 fully saturated rings. The van der Waals surface area contributed by atoms with Crippen molar-refractivity contribution in [1.82, 2.24) is 29.5 Å². The first kappa shape index (κ1) is 19.2. The fraction of sp³-hybridized carbons (Fsp3) is 0.217. The number of benzene rings is 1. The standard InChI is InChI=1S/C23H23N7O/c1-15-10-17(12-24-11-15)21-28-22(20-23(29-21)30(8-9-31)14-27-20)25-7-6-16-13-26-19-5-3-2-4-18(16)19/h2-5,10-14,26,31H,6-9H2,1H3,(H,25,28,29). The molecule has 0 unspecified atom stereocenters. The number of H-pyrrole nitrogens is 1. The quantitative estimate of drug-likeness (QED) is 0.378. The zero-order valence-corrected chi connectivity index (χ0v) is 17.2. The van der Waals surface area contributed by atoms with Crippen LogP contribution in [0.25, 0.3) is 33.5 Å². The number of aromatic nitrogens is 6. The monoisotopic (exact) mass is 413 g/mol. The minimum Gasteiger partial charge on any atom is -0.395 e. The molecule has 0 saturated heterocycles. The highest BCUT2D eigenvalue weighted by Crippen LogP contribution is 2.25. The number of hydrogen-bond donors (Lipinski definition) is 3. The molecule has 0 aliphatic rings. The van der Waals surface area contributed by atoms with Crippen molar-refractivity contribution < 1.29 is 5.11 Å². The Balaban J connectivity index is 1.47. The van der Waals surface area contributed by atoms with Crippen LogP contribution in [0, 0.1) is 6.92 Å². The lowest BCUT2D eigenvalue weighted by Gasteiger charge is -2.10. The van der Waals surface area contributed by atoms with Crippen LogP contribution in [0.3, 0.4) is 0 Å². The normalized spacial score (nSPS) is 11.4. The minimum atomic E-state index is 0.0140. The van der Waals surface area contributed by atoms with Crippen molar-refractivity contribution in [1.29, 1.82) is 0 Å². The fourth-order valence-corrected chi connectivity index (χ4v) is 3.80. The van der Waals surface area contributed by atoms with Gasteiger partial charge >= 0.3 is 0 Å². The lowest BCUT2D eigenvalue weighted by Crippen LogP contribution is -2.09. The molecule has 0 spiro atoms. The van der Waals surface area contributed by atoms with Crippen LogP contribution in [-0.4, -0.2) is 47.7 Å². The molecular formula is C23H23N7O. The third-order valence-electron chi connectivity index (χ3n) is 5.30. The van der Waals surface area contributed by atoms with Crippen LogP contribution in [0.4, 0.5) is 5.82 Å². The summed E-state index contributed by atoms with van der Waals surface area (Å²) in [4.78, 5) is 21.6. The van der Waals surface area contributed by atoms with Crippen molar-refractivity contribution in [3.8, 4) is 11.4 Å². The maximum Gasteiger partial charge on any atom is 0.166 e. The van der Waals surface area contributed by atoms with E-state index in [2.05, 4.69) is 44.7 Å². The Labute approximate surface area is 179 Å². The number of pyridine rings is 1. The van der Waals surface area contributed by atoms with Gasteiger partial charge in [0.15, 0.2) is 17.3 Å². The molecule has 8 heteroatoms. The molecule has 0 radical (unpaired) electrons. The number of fused-ring (bicyclic) bond motifs is 2. The second-order valence-corrected chi connectivity index (χ2v) is 7.52. The Hall–Kier alpha value is -3.78. The third kappa shape index (κ3) is 3.73. The summed E-state index contributed by atoms with van der Waals surface area (Å²) in [6, 6.07) is 10.3.